The van der Waals surface area contributed by atoms with Crippen LogP contribution in [0.2, 0.25) is 0 Å². The number of hydrogen-bond donors (Lipinski definition) is 0. The van der Waals surface area contributed by atoms with Crippen LogP contribution in [0.4, 0.5) is 5.82 Å². The molecule has 1 atom stereocenters. The van der Waals surface area contributed by atoms with E-state index in [1.807, 2.05) is 6.92 Å². The number of aryl methyl sites for hydroxylation is 1. The summed E-state index contributed by atoms with van der Waals surface area (Å²) < 4.78 is 0. The van der Waals surface area contributed by atoms with Gasteiger partial charge in [-0.15, -0.1) is 5.10 Å². The van der Waals surface area contributed by atoms with Crippen molar-refractivity contribution in [1.29, 1.82) is 0 Å². The molecule has 2 aliphatic heterocycles. The van der Waals surface area contributed by atoms with Crippen molar-refractivity contribution in [2.24, 2.45) is 0 Å². The first kappa shape index (κ1) is 11.0. The van der Waals surface area contributed by atoms with Gasteiger partial charge in [0, 0.05) is 25.7 Å². The van der Waals surface area contributed by atoms with E-state index >= 15 is 0 Å². The Morgan fingerprint density at radius 3 is 2.88 bits per heavy atom. The molecule has 0 bridgehead atoms. The molecule has 4 heteroatoms. The Kier molecular flexibility index (Phi) is 2.97. The molecule has 92 valence electrons. The molecule has 1 unspecified atom stereocenters. The highest BCUT2D eigenvalue weighted by atomic mass is 15.3. The average molecular weight is 232 g/mol. The van der Waals surface area contributed by atoms with E-state index < -0.39 is 0 Å². The maximum Gasteiger partial charge on any atom is 0.151 e. The van der Waals surface area contributed by atoms with E-state index in [4.69, 9.17) is 0 Å². The minimum Gasteiger partial charge on any atom is -0.352 e. The second-order valence-corrected chi connectivity index (χ2v) is 5.16. The molecule has 3 rings (SSSR count). The van der Waals surface area contributed by atoms with E-state index in [-0.39, 0.29) is 0 Å². The van der Waals surface area contributed by atoms with E-state index in [9.17, 15) is 0 Å². The molecule has 4 nitrogen and oxygen atoms in total. The van der Waals surface area contributed by atoms with E-state index in [0.717, 1.165) is 30.6 Å². The fourth-order valence-corrected chi connectivity index (χ4v) is 2.92. The predicted octanol–water partition coefficient (Wildman–Crippen LogP) is 1.46. The molecule has 0 spiro atoms. The van der Waals surface area contributed by atoms with Crippen molar-refractivity contribution >= 4 is 5.82 Å². The molecule has 2 saturated heterocycles. The standard InChI is InChI=1S/C13H20N4/c1-11-5-6-13(15-14-11)17-9-8-16-7-3-2-4-12(16)10-17/h5-6,12H,2-4,7-10H2,1H3. The first-order valence-electron chi connectivity index (χ1n) is 6.62. The quantitative estimate of drug-likeness (QED) is 0.734. The van der Waals surface area contributed by atoms with Gasteiger partial charge in [-0.05, 0) is 38.4 Å². The van der Waals surface area contributed by atoms with Gasteiger partial charge in [-0.25, -0.2) is 0 Å². The van der Waals surface area contributed by atoms with Crippen LogP contribution in [-0.4, -0.2) is 47.3 Å². The number of piperazine rings is 1. The van der Waals surface area contributed by atoms with Crippen LogP contribution in [0.15, 0.2) is 12.1 Å². The van der Waals surface area contributed by atoms with Crippen molar-refractivity contribution in [3.05, 3.63) is 17.8 Å². The second-order valence-electron chi connectivity index (χ2n) is 5.16. The minimum absolute atomic E-state index is 0.737. The van der Waals surface area contributed by atoms with Gasteiger partial charge in [0.05, 0.1) is 5.69 Å². The number of fused-ring (bicyclic) bond motifs is 1. The number of hydrogen-bond acceptors (Lipinski definition) is 4. The maximum atomic E-state index is 4.30. The largest absolute Gasteiger partial charge is 0.352 e. The zero-order chi connectivity index (χ0) is 11.7. The van der Waals surface area contributed by atoms with Crippen LogP contribution in [0, 0.1) is 6.92 Å². The molecule has 0 radical (unpaired) electrons. The molecule has 0 amide bonds. The topological polar surface area (TPSA) is 32.3 Å². The Labute approximate surface area is 103 Å². The molecule has 3 heterocycles. The molecule has 0 aromatic carbocycles. The van der Waals surface area contributed by atoms with Crippen molar-refractivity contribution in [3.63, 3.8) is 0 Å². The van der Waals surface area contributed by atoms with E-state index in [1.165, 1.54) is 32.4 Å². The van der Waals surface area contributed by atoms with Gasteiger partial charge in [-0.2, -0.15) is 5.10 Å². The summed E-state index contributed by atoms with van der Waals surface area (Å²) >= 11 is 0. The van der Waals surface area contributed by atoms with Crippen molar-refractivity contribution in [3.8, 4) is 0 Å². The summed E-state index contributed by atoms with van der Waals surface area (Å²) in [4.78, 5) is 5.03. The van der Waals surface area contributed by atoms with Gasteiger partial charge in [0.2, 0.25) is 0 Å². The summed E-state index contributed by atoms with van der Waals surface area (Å²) in [7, 11) is 0. The van der Waals surface area contributed by atoms with Gasteiger partial charge in [0.25, 0.3) is 0 Å². The summed E-state index contributed by atoms with van der Waals surface area (Å²) in [6.07, 6.45) is 4.10. The van der Waals surface area contributed by atoms with Crippen LogP contribution < -0.4 is 4.90 Å². The SMILES string of the molecule is Cc1ccc(N2CCN3CCCCC3C2)nn1. The van der Waals surface area contributed by atoms with Gasteiger partial charge < -0.3 is 4.90 Å². The Morgan fingerprint density at radius 1 is 1.12 bits per heavy atom. The fraction of sp³-hybridized carbons (Fsp3) is 0.692. The number of rotatable bonds is 1. The Balaban J connectivity index is 1.71. The highest BCUT2D eigenvalue weighted by Gasteiger charge is 2.29. The van der Waals surface area contributed by atoms with Crippen LogP contribution in [0.25, 0.3) is 0 Å². The lowest BCUT2D eigenvalue weighted by Gasteiger charge is -2.44. The van der Waals surface area contributed by atoms with Gasteiger partial charge >= 0.3 is 0 Å². The molecule has 0 aliphatic carbocycles. The van der Waals surface area contributed by atoms with Gasteiger partial charge in [0.1, 0.15) is 0 Å². The zero-order valence-electron chi connectivity index (χ0n) is 10.5. The zero-order valence-corrected chi connectivity index (χ0v) is 10.5. The van der Waals surface area contributed by atoms with Crippen molar-refractivity contribution < 1.29 is 0 Å². The molecule has 0 saturated carbocycles. The fourth-order valence-electron chi connectivity index (χ4n) is 2.92. The molecular weight excluding hydrogens is 212 g/mol. The van der Waals surface area contributed by atoms with Crippen LogP contribution in [-0.2, 0) is 0 Å². The second kappa shape index (κ2) is 4.61. The molecule has 0 N–H and O–H groups in total. The lowest BCUT2D eigenvalue weighted by Crippen LogP contribution is -2.55. The summed E-state index contributed by atoms with van der Waals surface area (Å²) in [5.74, 6) is 1.04. The van der Waals surface area contributed by atoms with Crippen molar-refractivity contribution in [2.45, 2.75) is 32.2 Å². The average Bonchev–Trinajstić information content (AvgIpc) is 2.39. The number of anilines is 1. The van der Waals surface area contributed by atoms with Gasteiger partial charge in [-0.3, -0.25) is 4.90 Å². The van der Waals surface area contributed by atoms with Crippen LogP contribution in [0.3, 0.4) is 0 Å². The smallest absolute Gasteiger partial charge is 0.151 e. The number of aromatic nitrogens is 2. The number of piperidine rings is 1. The maximum absolute atomic E-state index is 4.30. The van der Waals surface area contributed by atoms with E-state index in [1.54, 1.807) is 0 Å². The summed E-state index contributed by atoms with van der Waals surface area (Å²) in [6.45, 7) is 6.67. The summed E-state index contributed by atoms with van der Waals surface area (Å²) in [5.41, 5.74) is 0.991. The van der Waals surface area contributed by atoms with Gasteiger partial charge in [-0.1, -0.05) is 6.42 Å². The molecule has 17 heavy (non-hydrogen) atoms. The van der Waals surface area contributed by atoms with Crippen molar-refractivity contribution in [1.82, 2.24) is 15.1 Å². The third-order valence-corrected chi connectivity index (χ3v) is 3.95. The highest BCUT2D eigenvalue weighted by molar-refractivity contribution is 5.38. The molecule has 1 aromatic heterocycles. The monoisotopic (exact) mass is 232 g/mol. The lowest BCUT2D eigenvalue weighted by atomic mass is 9.99. The Hall–Kier alpha value is -1.16. The summed E-state index contributed by atoms with van der Waals surface area (Å²) in [6, 6.07) is 4.89. The Bertz CT molecular complexity index is 376. The first-order valence-corrected chi connectivity index (χ1v) is 6.62. The minimum atomic E-state index is 0.737. The third kappa shape index (κ3) is 2.27. The first-order chi connectivity index (χ1) is 8.33. The molecular formula is C13H20N4. The molecule has 2 fully saturated rings. The van der Waals surface area contributed by atoms with Crippen molar-refractivity contribution in [2.75, 3.05) is 31.1 Å². The van der Waals surface area contributed by atoms with Crippen LogP contribution >= 0.6 is 0 Å². The predicted molar refractivity (Wildman–Crippen MR) is 68.2 cm³/mol. The number of nitrogens with zero attached hydrogens (tertiary/aromatic N) is 4. The van der Waals surface area contributed by atoms with E-state index in [2.05, 4.69) is 32.1 Å². The Morgan fingerprint density at radius 2 is 2.06 bits per heavy atom. The van der Waals surface area contributed by atoms with Crippen LogP contribution in [0.5, 0.6) is 0 Å². The van der Waals surface area contributed by atoms with Gasteiger partial charge in [0.15, 0.2) is 5.82 Å². The third-order valence-electron chi connectivity index (χ3n) is 3.95. The molecule has 2 aliphatic rings. The van der Waals surface area contributed by atoms with E-state index in [0.29, 0.717) is 0 Å². The normalized spacial score (nSPS) is 25.7. The highest BCUT2D eigenvalue weighted by Crippen LogP contribution is 2.23. The van der Waals surface area contributed by atoms with Crippen LogP contribution in [0.1, 0.15) is 25.0 Å². The lowest BCUT2D eigenvalue weighted by molar-refractivity contribution is 0.133. The summed E-state index contributed by atoms with van der Waals surface area (Å²) in [5, 5.41) is 8.45. The molecule has 1 aromatic rings.